The zero-order chi connectivity index (χ0) is 13.4. The molecule has 1 aliphatic heterocycles. The first-order chi connectivity index (χ1) is 7.69. The van der Waals surface area contributed by atoms with Crippen LogP contribution in [0.1, 0.15) is 27.2 Å². The Morgan fingerprint density at radius 2 is 2.00 bits per heavy atom. The molecule has 0 amide bonds. The molecule has 0 spiro atoms. The minimum absolute atomic E-state index is 0.348. The molecule has 0 aliphatic carbocycles. The molecule has 100 valence electrons. The smallest absolute Gasteiger partial charge is 0.364 e. The van der Waals surface area contributed by atoms with Crippen molar-refractivity contribution >= 4 is 5.97 Å². The molecule has 4 N–H and O–H groups in total. The van der Waals surface area contributed by atoms with E-state index >= 15 is 0 Å². The summed E-state index contributed by atoms with van der Waals surface area (Å²) in [7, 11) is 0. The predicted molar refractivity (Wildman–Crippen MR) is 58.1 cm³/mol. The largest absolute Gasteiger partial charge is 0.477 e. The number of ether oxygens (including phenoxy) is 1. The zero-order valence-corrected chi connectivity index (χ0v) is 10.2. The van der Waals surface area contributed by atoms with Crippen molar-refractivity contribution in [2.24, 2.45) is 11.8 Å². The monoisotopic (exact) mass is 248 g/mol. The van der Waals surface area contributed by atoms with Crippen LogP contribution in [0.2, 0.25) is 0 Å². The van der Waals surface area contributed by atoms with Gasteiger partial charge >= 0.3 is 5.97 Å². The van der Waals surface area contributed by atoms with E-state index in [0.717, 1.165) is 0 Å². The SMILES string of the molecule is C[C@@H](O)[C@@H](C)C1OC(O)(C(=O)O)C[C@H](O)[C@H]1C. The Balaban J connectivity index is 2.93. The number of aliphatic hydroxyl groups excluding tert-OH is 2. The van der Waals surface area contributed by atoms with Gasteiger partial charge in [0.05, 0.1) is 18.3 Å². The van der Waals surface area contributed by atoms with Crippen LogP contribution in [0, 0.1) is 11.8 Å². The molecule has 0 aromatic rings. The quantitative estimate of drug-likeness (QED) is 0.539. The highest BCUT2D eigenvalue weighted by atomic mass is 16.7. The van der Waals surface area contributed by atoms with Crippen molar-refractivity contribution in [3.8, 4) is 0 Å². The molecule has 1 heterocycles. The van der Waals surface area contributed by atoms with Gasteiger partial charge in [0, 0.05) is 18.3 Å². The van der Waals surface area contributed by atoms with Crippen molar-refractivity contribution in [2.45, 2.75) is 51.3 Å². The van der Waals surface area contributed by atoms with Crippen LogP contribution in [0.15, 0.2) is 0 Å². The molecule has 1 saturated heterocycles. The second kappa shape index (κ2) is 4.89. The molecule has 0 aromatic heterocycles. The van der Waals surface area contributed by atoms with Crippen LogP contribution in [0.5, 0.6) is 0 Å². The second-order valence-corrected chi connectivity index (χ2v) is 4.90. The van der Waals surface area contributed by atoms with Gasteiger partial charge in [0.25, 0.3) is 5.79 Å². The summed E-state index contributed by atoms with van der Waals surface area (Å²) in [4.78, 5) is 10.9. The van der Waals surface area contributed by atoms with Crippen molar-refractivity contribution in [3.05, 3.63) is 0 Å². The molecule has 2 unspecified atom stereocenters. The van der Waals surface area contributed by atoms with Crippen LogP contribution in [0.25, 0.3) is 0 Å². The lowest BCUT2D eigenvalue weighted by atomic mass is 9.81. The second-order valence-electron chi connectivity index (χ2n) is 4.90. The number of aliphatic hydroxyl groups is 3. The van der Waals surface area contributed by atoms with Crippen LogP contribution in [-0.2, 0) is 9.53 Å². The third-order valence-electron chi connectivity index (χ3n) is 3.56. The highest BCUT2D eigenvalue weighted by Crippen LogP contribution is 2.35. The van der Waals surface area contributed by atoms with Gasteiger partial charge in [-0.3, -0.25) is 0 Å². The molecule has 17 heavy (non-hydrogen) atoms. The Morgan fingerprint density at radius 1 is 1.47 bits per heavy atom. The number of aliphatic carboxylic acids is 1. The van der Waals surface area contributed by atoms with Gasteiger partial charge in [0.2, 0.25) is 0 Å². The van der Waals surface area contributed by atoms with E-state index in [9.17, 15) is 20.1 Å². The van der Waals surface area contributed by atoms with Gasteiger partial charge in [0.1, 0.15) is 0 Å². The van der Waals surface area contributed by atoms with Crippen molar-refractivity contribution < 1.29 is 30.0 Å². The molecule has 0 saturated carbocycles. The van der Waals surface area contributed by atoms with Crippen molar-refractivity contribution in [1.29, 1.82) is 0 Å². The first kappa shape index (κ1) is 14.4. The van der Waals surface area contributed by atoms with E-state index in [2.05, 4.69) is 0 Å². The maximum absolute atomic E-state index is 10.9. The molecule has 0 bridgehead atoms. The Morgan fingerprint density at radius 3 is 2.41 bits per heavy atom. The van der Waals surface area contributed by atoms with Crippen LogP contribution < -0.4 is 0 Å². The summed E-state index contributed by atoms with van der Waals surface area (Å²) >= 11 is 0. The summed E-state index contributed by atoms with van der Waals surface area (Å²) < 4.78 is 5.18. The highest BCUT2D eigenvalue weighted by Gasteiger charge is 2.50. The number of carboxylic acids is 1. The van der Waals surface area contributed by atoms with E-state index in [1.165, 1.54) is 0 Å². The summed E-state index contributed by atoms with van der Waals surface area (Å²) in [5.74, 6) is -4.63. The molecule has 6 heteroatoms. The van der Waals surface area contributed by atoms with Gasteiger partial charge in [-0.2, -0.15) is 0 Å². The number of carboxylic acid groups (broad SMARTS) is 1. The number of rotatable bonds is 3. The maximum atomic E-state index is 10.9. The minimum atomic E-state index is -2.38. The van der Waals surface area contributed by atoms with E-state index in [-0.39, 0.29) is 18.3 Å². The summed E-state index contributed by atoms with van der Waals surface area (Å²) in [5, 5.41) is 37.9. The Hall–Kier alpha value is -0.690. The Kier molecular flexibility index (Phi) is 4.14. The van der Waals surface area contributed by atoms with Gasteiger partial charge in [-0.05, 0) is 6.92 Å². The van der Waals surface area contributed by atoms with Crippen LogP contribution >= 0.6 is 0 Å². The number of hydrogen-bond donors (Lipinski definition) is 4. The van der Waals surface area contributed by atoms with Gasteiger partial charge in [-0.1, -0.05) is 13.8 Å². The Bertz CT molecular complexity index is 288. The van der Waals surface area contributed by atoms with Gasteiger partial charge in [0.15, 0.2) is 0 Å². The molecule has 1 aliphatic rings. The van der Waals surface area contributed by atoms with E-state index in [1.54, 1.807) is 20.8 Å². The van der Waals surface area contributed by atoms with E-state index in [4.69, 9.17) is 9.84 Å². The van der Waals surface area contributed by atoms with Gasteiger partial charge < -0.3 is 25.2 Å². The fraction of sp³-hybridized carbons (Fsp3) is 0.909. The highest BCUT2D eigenvalue weighted by molar-refractivity contribution is 5.75. The summed E-state index contributed by atoms with van der Waals surface area (Å²) in [6, 6.07) is 0. The van der Waals surface area contributed by atoms with Crippen molar-refractivity contribution in [3.63, 3.8) is 0 Å². The fourth-order valence-corrected chi connectivity index (χ4v) is 2.07. The standard InChI is InChI=1S/C11H20O6/c1-5(7(3)12)9-6(2)8(13)4-11(16,17-9)10(14)15/h5-9,12-13,16H,4H2,1-3H3,(H,14,15)/t5-,6-,7-,8+,9?,11?/m1/s1. The van der Waals surface area contributed by atoms with E-state index in [1.807, 2.05) is 0 Å². The fourth-order valence-electron chi connectivity index (χ4n) is 2.07. The molecular weight excluding hydrogens is 228 g/mol. The minimum Gasteiger partial charge on any atom is -0.477 e. The van der Waals surface area contributed by atoms with Crippen molar-refractivity contribution in [1.82, 2.24) is 0 Å². The third-order valence-corrected chi connectivity index (χ3v) is 3.56. The van der Waals surface area contributed by atoms with Crippen LogP contribution in [0.4, 0.5) is 0 Å². The Labute approximate surface area is 99.8 Å². The molecule has 0 radical (unpaired) electrons. The zero-order valence-electron chi connectivity index (χ0n) is 10.2. The number of carbonyl (C=O) groups is 1. The average Bonchev–Trinajstić information content (AvgIpc) is 2.22. The van der Waals surface area contributed by atoms with E-state index < -0.39 is 30.1 Å². The molecule has 1 fully saturated rings. The molecule has 6 nitrogen and oxygen atoms in total. The van der Waals surface area contributed by atoms with Crippen LogP contribution in [0.3, 0.4) is 0 Å². The molecule has 0 aromatic carbocycles. The lowest BCUT2D eigenvalue weighted by Crippen LogP contribution is -2.57. The average molecular weight is 248 g/mol. The van der Waals surface area contributed by atoms with Crippen LogP contribution in [-0.4, -0.2) is 50.5 Å². The van der Waals surface area contributed by atoms with Gasteiger partial charge in [-0.15, -0.1) is 0 Å². The third kappa shape index (κ3) is 2.77. The first-order valence-electron chi connectivity index (χ1n) is 5.68. The van der Waals surface area contributed by atoms with Gasteiger partial charge in [-0.25, -0.2) is 4.79 Å². The normalized spacial score (nSPS) is 41.9. The molecular formula is C11H20O6. The lowest BCUT2D eigenvalue weighted by molar-refractivity contribution is -0.294. The number of hydrogen-bond acceptors (Lipinski definition) is 5. The topological polar surface area (TPSA) is 107 Å². The predicted octanol–water partition coefficient (Wildman–Crippen LogP) is -0.438. The lowest BCUT2D eigenvalue weighted by Gasteiger charge is -2.43. The molecule has 1 rings (SSSR count). The van der Waals surface area contributed by atoms with Crippen molar-refractivity contribution in [2.75, 3.05) is 0 Å². The first-order valence-corrected chi connectivity index (χ1v) is 5.68. The van der Waals surface area contributed by atoms with E-state index in [0.29, 0.717) is 0 Å². The molecule has 6 atom stereocenters. The summed E-state index contributed by atoms with van der Waals surface area (Å²) in [5.41, 5.74) is 0. The summed E-state index contributed by atoms with van der Waals surface area (Å²) in [6.45, 7) is 4.95. The maximum Gasteiger partial charge on any atom is 0.364 e. The summed E-state index contributed by atoms with van der Waals surface area (Å²) in [6.07, 6.45) is -2.77.